The normalized spacial score (nSPS) is 23.8. The van der Waals surface area contributed by atoms with Crippen LogP contribution in [0, 0.1) is 5.92 Å². The molecule has 11 nitrogen and oxygen atoms in total. The smallest absolute Gasteiger partial charge is 0.323 e. The number of nitrogens with zero attached hydrogens (tertiary/aromatic N) is 2. The van der Waals surface area contributed by atoms with Crippen LogP contribution in [0.3, 0.4) is 0 Å². The summed E-state index contributed by atoms with van der Waals surface area (Å²) in [5.74, 6) is -2.66. The Morgan fingerprint density at radius 3 is 2.12 bits per heavy atom. The number of nitrogens with one attached hydrogen (secondary N) is 4. The lowest BCUT2D eigenvalue weighted by atomic mass is 9.90. The highest BCUT2D eigenvalue weighted by Crippen LogP contribution is 2.24. The van der Waals surface area contributed by atoms with Crippen LogP contribution in [0.15, 0.2) is 0 Å². The van der Waals surface area contributed by atoms with Crippen LogP contribution in [-0.2, 0) is 19.2 Å². The van der Waals surface area contributed by atoms with Gasteiger partial charge in [-0.3, -0.25) is 24.2 Å². The van der Waals surface area contributed by atoms with E-state index in [1.807, 2.05) is 6.92 Å². The highest BCUT2D eigenvalue weighted by molar-refractivity contribution is 5.88. The summed E-state index contributed by atoms with van der Waals surface area (Å²) in [6, 6.07) is -2.18. The number of amides is 3. The van der Waals surface area contributed by atoms with Crippen molar-refractivity contribution in [1.82, 2.24) is 31.5 Å². The average molecular weight is 455 g/mol. The number of aliphatic carboxylic acids is 1. The molecule has 2 aliphatic heterocycles. The summed E-state index contributed by atoms with van der Waals surface area (Å²) in [5, 5.41) is 18.3. The lowest BCUT2D eigenvalue weighted by Gasteiger charge is -2.41. The zero-order valence-electron chi connectivity index (χ0n) is 19.4. The van der Waals surface area contributed by atoms with E-state index < -0.39 is 30.0 Å². The van der Waals surface area contributed by atoms with Gasteiger partial charge < -0.3 is 15.7 Å². The summed E-state index contributed by atoms with van der Waals surface area (Å²) in [6.07, 6.45) is 5.46. The van der Waals surface area contributed by atoms with Crippen LogP contribution in [0.2, 0.25) is 0 Å². The van der Waals surface area contributed by atoms with Crippen molar-refractivity contribution >= 4 is 23.7 Å². The Balaban J connectivity index is 2.24. The Kier molecular flexibility index (Phi) is 10.3. The quantitative estimate of drug-likeness (QED) is 0.281. The van der Waals surface area contributed by atoms with Gasteiger partial charge in [-0.1, -0.05) is 26.2 Å². The Labute approximate surface area is 189 Å². The lowest BCUT2D eigenvalue weighted by Crippen LogP contribution is -2.65. The number of hydrogen-bond donors (Lipinski definition) is 5. The largest absolute Gasteiger partial charge is 0.480 e. The molecule has 2 rings (SSSR count). The molecule has 2 fully saturated rings. The molecule has 32 heavy (non-hydrogen) atoms. The van der Waals surface area contributed by atoms with Crippen LogP contribution in [0.5, 0.6) is 0 Å². The van der Waals surface area contributed by atoms with Crippen molar-refractivity contribution in [2.45, 2.75) is 76.4 Å². The standard InChI is InChI=1S/C21H38N6O5/c1-4-5-6-9-14(20(30)27-13-8-11-16(25-27)19(29)23-3)17(21(31)32)26-12-7-10-15(24-26)18(28)22-2/h14-17,24-25H,4-13H2,1-3H3,(H,22,28)(H,23,29)(H,31,32). The number of hydrogen-bond acceptors (Lipinski definition) is 7. The Morgan fingerprint density at radius 2 is 1.56 bits per heavy atom. The van der Waals surface area contributed by atoms with E-state index in [1.54, 1.807) is 19.1 Å². The van der Waals surface area contributed by atoms with E-state index in [1.165, 1.54) is 5.01 Å². The van der Waals surface area contributed by atoms with E-state index in [2.05, 4.69) is 21.5 Å². The van der Waals surface area contributed by atoms with Crippen molar-refractivity contribution < 1.29 is 24.3 Å². The summed E-state index contributed by atoms with van der Waals surface area (Å²) in [5.41, 5.74) is 6.02. The summed E-state index contributed by atoms with van der Waals surface area (Å²) in [6.45, 7) is 2.89. The predicted octanol–water partition coefficient (Wildman–Crippen LogP) is -0.407. The molecule has 0 bridgehead atoms. The molecular formula is C21H38N6O5. The first-order valence-electron chi connectivity index (χ1n) is 11.6. The van der Waals surface area contributed by atoms with Gasteiger partial charge in [0.1, 0.15) is 18.1 Å². The third-order valence-corrected chi connectivity index (χ3v) is 6.20. The minimum Gasteiger partial charge on any atom is -0.480 e. The van der Waals surface area contributed by atoms with Gasteiger partial charge in [-0.05, 0) is 32.1 Å². The van der Waals surface area contributed by atoms with E-state index in [4.69, 9.17) is 0 Å². The molecule has 182 valence electrons. The number of carboxylic acid groups (broad SMARTS) is 1. The molecule has 0 radical (unpaired) electrons. The second-order valence-corrected chi connectivity index (χ2v) is 8.44. The Hall–Kier alpha value is -2.24. The van der Waals surface area contributed by atoms with Gasteiger partial charge in [0.05, 0.1) is 5.92 Å². The second kappa shape index (κ2) is 12.7. The Morgan fingerprint density at radius 1 is 0.969 bits per heavy atom. The predicted molar refractivity (Wildman–Crippen MR) is 118 cm³/mol. The maximum absolute atomic E-state index is 13.5. The molecule has 0 saturated carbocycles. The van der Waals surface area contributed by atoms with Crippen molar-refractivity contribution in [3.8, 4) is 0 Å². The average Bonchev–Trinajstić information content (AvgIpc) is 2.82. The number of hydrazine groups is 2. The number of carbonyl (C=O) groups excluding carboxylic acids is 3. The first kappa shape index (κ1) is 26.0. The van der Waals surface area contributed by atoms with Gasteiger partial charge in [0.15, 0.2) is 0 Å². The first-order chi connectivity index (χ1) is 15.3. The molecule has 0 aromatic carbocycles. The van der Waals surface area contributed by atoms with E-state index >= 15 is 0 Å². The SMILES string of the molecule is CCCCCC(C(=O)N1CCCC(C(=O)NC)N1)C(C(=O)O)N1CCCC(C(=O)NC)N1. The van der Waals surface area contributed by atoms with Crippen molar-refractivity contribution in [3.05, 3.63) is 0 Å². The van der Waals surface area contributed by atoms with Crippen LogP contribution in [0.25, 0.3) is 0 Å². The molecule has 0 aromatic rings. The molecule has 0 aliphatic carbocycles. The summed E-state index contributed by atoms with van der Waals surface area (Å²) in [7, 11) is 3.09. The molecule has 0 spiro atoms. The van der Waals surface area contributed by atoms with Crippen LogP contribution in [0.4, 0.5) is 0 Å². The summed E-state index contributed by atoms with van der Waals surface area (Å²) in [4.78, 5) is 50.1. The van der Waals surface area contributed by atoms with Crippen molar-refractivity contribution in [3.63, 3.8) is 0 Å². The molecule has 3 amide bonds. The van der Waals surface area contributed by atoms with Gasteiger partial charge >= 0.3 is 5.97 Å². The zero-order chi connectivity index (χ0) is 23.7. The van der Waals surface area contributed by atoms with E-state index in [9.17, 15) is 24.3 Å². The Bertz CT molecular complexity index is 675. The second-order valence-electron chi connectivity index (χ2n) is 8.44. The van der Waals surface area contributed by atoms with E-state index in [-0.39, 0.29) is 17.7 Å². The number of carboxylic acids is 1. The minimum atomic E-state index is -1.12. The molecule has 4 unspecified atom stereocenters. The maximum Gasteiger partial charge on any atom is 0.323 e. The van der Waals surface area contributed by atoms with Gasteiger partial charge in [0.25, 0.3) is 0 Å². The molecule has 2 saturated heterocycles. The van der Waals surface area contributed by atoms with Gasteiger partial charge in [-0.25, -0.2) is 15.9 Å². The van der Waals surface area contributed by atoms with Crippen LogP contribution >= 0.6 is 0 Å². The fourth-order valence-corrected chi connectivity index (χ4v) is 4.44. The minimum absolute atomic E-state index is 0.203. The van der Waals surface area contributed by atoms with Crippen molar-refractivity contribution in [2.24, 2.45) is 5.92 Å². The molecule has 0 aromatic heterocycles. The number of carbonyl (C=O) groups is 4. The summed E-state index contributed by atoms with van der Waals surface area (Å²) < 4.78 is 0. The molecular weight excluding hydrogens is 416 g/mol. The third-order valence-electron chi connectivity index (χ3n) is 6.20. The lowest BCUT2D eigenvalue weighted by molar-refractivity contribution is -0.159. The van der Waals surface area contributed by atoms with Crippen LogP contribution < -0.4 is 21.5 Å². The molecule has 2 aliphatic rings. The molecule has 11 heteroatoms. The van der Waals surface area contributed by atoms with Crippen LogP contribution in [0.1, 0.15) is 58.3 Å². The summed E-state index contributed by atoms with van der Waals surface area (Å²) >= 11 is 0. The monoisotopic (exact) mass is 454 g/mol. The van der Waals surface area contributed by atoms with Crippen molar-refractivity contribution in [2.75, 3.05) is 27.2 Å². The van der Waals surface area contributed by atoms with E-state index in [0.29, 0.717) is 45.2 Å². The first-order valence-corrected chi connectivity index (χ1v) is 11.6. The highest BCUT2D eigenvalue weighted by atomic mass is 16.4. The fourth-order valence-electron chi connectivity index (χ4n) is 4.44. The van der Waals surface area contributed by atoms with Crippen LogP contribution in [-0.4, -0.2) is 84.1 Å². The van der Waals surface area contributed by atoms with Gasteiger partial charge in [0, 0.05) is 27.2 Å². The highest BCUT2D eigenvalue weighted by Gasteiger charge is 2.43. The zero-order valence-corrected chi connectivity index (χ0v) is 19.4. The molecule has 2 heterocycles. The third kappa shape index (κ3) is 6.63. The van der Waals surface area contributed by atoms with Gasteiger partial charge in [-0.15, -0.1) is 0 Å². The molecule has 4 atom stereocenters. The molecule has 5 N–H and O–H groups in total. The van der Waals surface area contributed by atoms with Gasteiger partial charge in [0.2, 0.25) is 17.7 Å². The topological polar surface area (TPSA) is 143 Å². The van der Waals surface area contributed by atoms with Crippen molar-refractivity contribution in [1.29, 1.82) is 0 Å². The number of unbranched alkanes of at least 4 members (excludes halogenated alkanes) is 2. The van der Waals surface area contributed by atoms with E-state index in [0.717, 1.165) is 19.3 Å². The fraction of sp³-hybridized carbons (Fsp3) is 0.810. The maximum atomic E-state index is 13.5. The number of rotatable bonds is 10. The van der Waals surface area contributed by atoms with Gasteiger partial charge in [-0.2, -0.15) is 0 Å². The number of likely N-dealkylation sites (N-methyl/N-ethyl adjacent to an activating group) is 2.